The van der Waals surface area contributed by atoms with Gasteiger partial charge in [-0.15, -0.1) is 0 Å². The van der Waals surface area contributed by atoms with Gasteiger partial charge in [-0.2, -0.15) is 0 Å². The van der Waals surface area contributed by atoms with Gasteiger partial charge in [0.15, 0.2) is 5.75 Å². The molecule has 0 fully saturated rings. The highest BCUT2D eigenvalue weighted by Gasteiger charge is 2.10. The van der Waals surface area contributed by atoms with Crippen LogP contribution in [0.15, 0.2) is 38.4 Å². The highest BCUT2D eigenvalue weighted by Crippen LogP contribution is 2.37. The molecule has 11 heteroatoms. The molecule has 0 unspecified atom stereocenters. The third-order valence-corrected chi connectivity index (χ3v) is 4.66. The molecule has 0 N–H and O–H groups in total. The number of unbranched alkanes of at least 4 members (excludes halogenated alkanes) is 2. The summed E-state index contributed by atoms with van der Waals surface area (Å²) >= 11 is 34.5. The quantitative estimate of drug-likeness (QED) is 0.125. The van der Waals surface area contributed by atoms with Crippen LogP contribution in [0.5, 0.6) is 11.5 Å². The Morgan fingerprint density at radius 1 is 0.871 bits per heavy atom. The van der Waals surface area contributed by atoms with Crippen molar-refractivity contribution in [3.8, 4) is 11.5 Å². The predicted octanol–water partition coefficient (Wildman–Crippen LogP) is 7.97. The van der Waals surface area contributed by atoms with Crippen LogP contribution in [0.4, 0.5) is 0 Å². The van der Waals surface area contributed by atoms with Gasteiger partial charge in [0.25, 0.3) is 0 Å². The number of rotatable bonds is 15. The first kappa shape index (κ1) is 28.5. The van der Waals surface area contributed by atoms with Crippen LogP contribution in [0, 0.1) is 0 Å². The topological polar surface area (TPSA) is 49.3 Å². The van der Waals surface area contributed by atoms with Crippen molar-refractivity contribution >= 4 is 75.3 Å². The number of hydrogen-bond acceptors (Lipinski definition) is 5. The zero-order valence-electron chi connectivity index (χ0n) is 16.8. The van der Waals surface area contributed by atoms with Crippen molar-refractivity contribution in [3.05, 3.63) is 43.3 Å². The average Bonchev–Trinajstić information content (AvgIpc) is 2.68. The Balaban J connectivity index is 2.20. The molecule has 0 saturated heterocycles. The van der Waals surface area contributed by atoms with Gasteiger partial charge in [-0.25, -0.2) is 0 Å². The molecule has 0 spiro atoms. The van der Waals surface area contributed by atoms with Crippen molar-refractivity contribution < 1.29 is 19.0 Å². The van der Waals surface area contributed by atoms with Crippen LogP contribution >= 0.6 is 69.6 Å². The Labute approximate surface area is 212 Å². The zero-order chi connectivity index (χ0) is 23.1. The molecule has 0 aliphatic heterocycles. The summed E-state index contributed by atoms with van der Waals surface area (Å²) in [6.07, 6.45) is 5.65. The molecule has 0 heterocycles. The summed E-state index contributed by atoms with van der Waals surface area (Å²) in [6.45, 7) is 3.71. The molecule has 31 heavy (non-hydrogen) atoms. The molecular weight excluding hydrogens is 531 g/mol. The van der Waals surface area contributed by atoms with Crippen LogP contribution in [-0.2, 0) is 9.57 Å². The van der Waals surface area contributed by atoms with Gasteiger partial charge >= 0.3 is 0 Å². The summed E-state index contributed by atoms with van der Waals surface area (Å²) in [7, 11) is 0. The Morgan fingerprint density at radius 3 is 2.13 bits per heavy atom. The van der Waals surface area contributed by atoms with Gasteiger partial charge in [0.1, 0.15) is 27.9 Å². The highest BCUT2D eigenvalue weighted by molar-refractivity contribution is 6.56. The molecule has 0 aromatic heterocycles. The van der Waals surface area contributed by atoms with Crippen molar-refractivity contribution in [1.29, 1.82) is 0 Å². The molecular formula is C20H23Cl6NO4. The Kier molecular flexibility index (Phi) is 15.6. The Hall–Kier alpha value is -0.530. The molecule has 1 aromatic rings. The van der Waals surface area contributed by atoms with E-state index in [0.717, 1.165) is 25.0 Å². The fourth-order valence-electron chi connectivity index (χ4n) is 2.11. The molecule has 1 aromatic carbocycles. The maximum absolute atomic E-state index is 6.23. The third kappa shape index (κ3) is 14.3. The number of hydrogen-bond donors (Lipinski definition) is 0. The minimum absolute atomic E-state index is 0.126. The van der Waals surface area contributed by atoms with Gasteiger partial charge in [0.2, 0.25) is 0 Å². The Morgan fingerprint density at radius 2 is 1.48 bits per heavy atom. The Bertz CT molecular complexity index is 739. The summed E-state index contributed by atoms with van der Waals surface area (Å²) in [5.41, 5.74) is 0.723. The lowest BCUT2D eigenvalue weighted by Gasteiger charge is -2.12. The summed E-state index contributed by atoms with van der Waals surface area (Å²) in [4.78, 5) is 5.02. The van der Waals surface area contributed by atoms with Crippen LogP contribution in [0.25, 0.3) is 0 Å². The van der Waals surface area contributed by atoms with Crippen molar-refractivity contribution in [2.24, 2.45) is 5.16 Å². The van der Waals surface area contributed by atoms with Crippen molar-refractivity contribution in [2.75, 3.05) is 33.0 Å². The minimum Gasteiger partial charge on any atom is -0.490 e. The van der Waals surface area contributed by atoms with Gasteiger partial charge in [-0.1, -0.05) is 74.8 Å². The zero-order valence-corrected chi connectivity index (χ0v) is 21.3. The first-order valence-electron chi connectivity index (χ1n) is 9.29. The third-order valence-electron chi connectivity index (χ3n) is 3.48. The van der Waals surface area contributed by atoms with E-state index >= 15 is 0 Å². The molecule has 0 bridgehead atoms. The highest BCUT2D eigenvalue weighted by atomic mass is 35.5. The van der Waals surface area contributed by atoms with Gasteiger partial charge in [0.05, 0.1) is 29.0 Å². The lowest BCUT2D eigenvalue weighted by Crippen LogP contribution is -2.07. The van der Waals surface area contributed by atoms with E-state index in [4.69, 9.17) is 88.7 Å². The summed E-state index contributed by atoms with van der Waals surface area (Å²) < 4.78 is 17.0. The van der Waals surface area contributed by atoms with Crippen LogP contribution in [0.1, 0.15) is 26.2 Å². The second-order valence-electron chi connectivity index (χ2n) is 6.10. The van der Waals surface area contributed by atoms with Crippen molar-refractivity contribution in [3.63, 3.8) is 0 Å². The average molecular weight is 554 g/mol. The van der Waals surface area contributed by atoms with E-state index < -0.39 is 0 Å². The second kappa shape index (κ2) is 17.0. The molecule has 1 rings (SSSR count). The smallest absolute Gasteiger partial charge is 0.156 e. The molecule has 0 aliphatic carbocycles. The number of oxime groups is 1. The number of benzene rings is 1. The lowest BCUT2D eigenvalue weighted by molar-refractivity contribution is 0.148. The maximum Gasteiger partial charge on any atom is 0.156 e. The maximum atomic E-state index is 6.23. The second-order valence-corrected chi connectivity index (χ2v) is 8.93. The van der Waals surface area contributed by atoms with Crippen molar-refractivity contribution in [1.82, 2.24) is 0 Å². The van der Waals surface area contributed by atoms with Crippen LogP contribution in [0.2, 0.25) is 10.0 Å². The fourth-order valence-corrected chi connectivity index (χ4v) is 2.94. The molecule has 0 radical (unpaired) electrons. The monoisotopic (exact) mass is 551 g/mol. The first-order chi connectivity index (χ1) is 14.8. The van der Waals surface area contributed by atoms with Crippen LogP contribution in [-0.4, -0.2) is 38.7 Å². The van der Waals surface area contributed by atoms with Gasteiger partial charge in [0, 0.05) is 18.7 Å². The molecule has 0 amide bonds. The largest absolute Gasteiger partial charge is 0.490 e. The van der Waals surface area contributed by atoms with Crippen molar-refractivity contribution in [2.45, 2.75) is 26.2 Å². The first-order valence-corrected chi connectivity index (χ1v) is 11.6. The summed E-state index contributed by atoms with van der Waals surface area (Å²) in [6, 6.07) is 3.25. The molecule has 0 saturated carbocycles. The van der Waals surface area contributed by atoms with Gasteiger partial charge in [-0.05, 0) is 38.3 Å². The fraction of sp³-hybridized carbons (Fsp3) is 0.450. The van der Waals surface area contributed by atoms with E-state index in [1.165, 1.54) is 12.2 Å². The molecule has 0 aliphatic rings. The number of ether oxygens (including phenoxy) is 3. The minimum atomic E-state index is 0.126. The van der Waals surface area contributed by atoms with Gasteiger partial charge in [-0.3, -0.25) is 0 Å². The SMILES string of the molecule is CC(COCCCCCOc1c(Cl)cc(OCC=C(Cl)Cl)cc1Cl)=NOCC=C(Cl)Cl. The molecule has 5 nitrogen and oxygen atoms in total. The van der Waals surface area contributed by atoms with Crippen LogP contribution < -0.4 is 9.47 Å². The van der Waals surface area contributed by atoms with Crippen LogP contribution in [0.3, 0.4) is 0 Å². The van der Waals surface area contributed by atoms with E-state index in [2.05, 4.69) is 5.16 Å². The predicted molar refractivity (Wildman–Crippen MR) is 131 cm³/mol. The van der Waals surface area contributed by atoms with Gasteiger partial charge < -0.3 is 19.0 Å². The summed E-state index contributed by atoms with van der Waals surface area (Å²) in [5.74, 6) is 0.920. The molecule has 174 valence electrons. The lowest BCUT2D eigenvalue weighted by atomic mass is 10.2. The van der Waals surface area contributed by atoms with E-state index in [-0.39, 0.29) is 22.2 Å². The van der Waals surface area contributed by atoms with E-state index in [1.54, 1.807) is 12.1 Å². The van der Waals surface area contributed by atoms with E-state index in [0.29, 0.717) is 41.4 Å². The van der Waals surface area contributed by atoms with E-state index in [1.807, 2.05) is 6.92 Å². The normalized spacial score (nSPS) is 11.1. The number of nitrogens with zero attached hydrogens (tertiary/aromatic N) is 1. The number of halogens is 6. The molecule has 0 atom stereocenters. The van der Waals surface area contributed by atoms with E-state index in [9.17, 15) is 0 Å². The standard InChI is InChI=1S/C20H23Cl6NO4/c1-14(27-31-10-6-19(25)26)13-28-7-3-2-4-8-30-20-16(21)11-15(12-17(20)22)29-9-5-18(23)24/h5-6,11-12H,2-4,7-10,13H2,1H3. The summed E-state index contributed by atoms with van der Waals surface area (Å²) in [5, 5.41) is 4.62.